The molecule has 0 unspecified atom stereocenters. The summed E-state index contributed by atoms with van der Waals surface area (Å²) in [6, 6.07) is 23.0. The Morgan fingerprint density at radius 2 is 0.967 bits per heavy atom. The number of anilines is 2. The highest BCUT2D eigenvalue weighted by atomic mass is 79.9. The Balaban J connectivity index is 1.55. The van der Waals surface area contributed by atoms with E-state index in [1.54, 1.807) is 24.3 Å². The van der Waals surface area contributed by atoms with Gasteiger partial charge in [-0.1, -0.05) is 86.5 Å². The molecule has 0 aromatic heterocycles. The number of benzene rings is 3. The fourth-order valence-corrected chi connectivity index (χ4v) is 3.70. The third-order valence-electron chi connectivity index (χ3n) is 4.51. The zero-order valence-corrected chi connectivity index (χ0v) is 19.5. The quantitative estimate of drug-likeness (QED) is 0.360. The van der Waals surface area contributed by atoms with Crippen LogP contribution in [0.15, 0.2) is 72.8 Å². The number of hydrogen-bond donors (Lipinski definition) is 2. The van der Waals surface area contributed by atoms with E-state index in [2.05, 4.69) is 42.5 Å². The van der Waals surface area contributed by atoms with Crippen molar-refractivity contribution >= 4 is 55.0 Å². The first-order valence-electron chi connectivity index (χ1n) is 9.53. The van der Waals surface area contributed by atoms with E-state index in [1.807, 2.05) is 48.5 Å². The fourth-order valence-electron chi connectivity index (χ4n) is 2.95. The minimum absolute atomic E-state index is 0.100. The maximum Gasteiger partial charge on any atom is 0.228 e. The Morgan fingerprint density at radius 3 is 1.33 bits per heavy atom. The Kier molecular flexibility index (Phi) is 8.22. The minimum atomic E-state index is -0.100. The van der Waals surface area contributed by atoms with Crippen LogP contribution >= 0.6 is 31.9 Å². The standard InChI is InChI=1S/C24H22Br2N2O2/c25-15-19-8-4-17(5-9-19)12-23(29)27-21-2-1-3-22(14-21)28-24(30)13-18-6-10-20(16-26)11-7-18/h1-11,14H,12-13,15-16H2,(H,27,29)(H,28,30). The van der Waals surface area contributed by atoms with E-state index in [1.165, 1.54) is 11.1 Å². The Hall–Kier alpha value is -2.44. The summed E-state index contributed by atoms with van der Waals surface area (Å²) in [6.45, 7) is 0. The first kappa shape index (κ1) is 22.2. The first-order chi connectivity index (χ1) is 14.6. The number of carbonyl (C=O) groups excluding carboxylic acids is 2. The fraction of sp³-hybridized carbons (Fsp3) is 0.167. The molecular weight excluding hydrogens is 508 g/mol. The van der Waals surface area contributed by atoms with Gasteiger partial charge in [-0.2, -0.15) is 0 Å². The van der Waals surface area contributed by atoms with Crippen molar-refractivity contribution in [2.45, 2.75) is 23.5 Å². The number of alkyl halides is 2. The number of carbonyl (C=O) groups is 2. The first-order valence-corrected chi connectivity index (χ1v) is 11.8. The van der Waals surface area contributed by atoms with Crippen LogP contribution in [-0.4, -0.2) is 11.8 Å². The molecule has 3 rings (SSSR count). The van der Waals surface area contributed by atoms with E-state index >= 15 is 0 Å². The number of rotatable bonds is 8. The minimum Gasteiger partial charge on any atom is -0.326 e. The lowest BCUT2D eigenvalue weighted by atomic mass is 10.1. The highest BCUT2D eigenvalue weighted by molar-refractivity contribution is 9.08. The summed E-state index contributed by atoms with van der Waals surface area (Å²) in [6.07, 6.45) is 0.590. The van der Waals surface area contributed by atoms with Crippen molar-refractivity contribution in [1.29, 1.82) is 0 Å². The average Bonchev–Trinajstić information content (AvgIpc) is 2.75. The van der Waals surface area contributed by atoms with Crippen LogP contribution in [0.3, 0.4) is 0 Å². The summed E-state index contributed by atoms with van der Waals surface area (Å²) in [5, 5.41) is 7.37. The zero-order chi connectivity index (χ0) is 21.3. The molecule has 4 nitrogen and oxygen atoms in total. The van der Waals surface area contributed by atoms with Crippen LogP contribution in [0.2, 0.25) is 0 Å². The van der Waals surface area contributed by atoms with Crippen LogP contribution in [0.1, 0.15) is 22.3 Å². The Bertz CT molecular complexity index is 924. The van der Waals surface area contributed by atoms with E-state index in [9.17, 15) is 9.59 Å². The number of nitrogens with one attached hydrogen (secondary N) is 2. The highest BCUT2D eigenvalue weighted by Crippen LogP contribution is 2.17. The molecule has 0 radical (unpaired) electrons. The molecule has 0 aliphatic carbocycles. The third-order valence-corrected chi connectivity index (χ3v) is 5.81. The molecule has 0 heterocycles. The van der Waals surface area contributed by atoms with Gasteiger partial charge in [-0.15, -0.1) is 0 Å². The predicted octanol–water partition coefficient (Wildman–Crippen LogP) is 5.84. The molecule has 30 heavy (non-hydrogen) atoms. The molecule has 0 saturated carbocycles. The van der Waals surface area contributed by atoms with Gasteiger partial charge in [-0.3, -0.25) is 9.59 Å². The van der Waals surface area contributed by atoms with Crippen molar-refractivity contribution in [3.63, 3.8) is 0 Å². The SMILES string of the molecule is O=C(Cc1ccc(CBr)cc1)Nc1cccc(NC(=O)Cc2ccc(CBr)cc2)c1. The topological polar surface area (TPSA) is 58.2 Å². The molecule has 0 spiro atoms. The summed E-state index contributed by atoms with van der Waals surface area (Å²) >= 11 is 6.83. The number of halogens is 2. The van der Waals surface area contributed by atoms with Gasteiger partial charge in [-0.05, 0) is 40.5 Å². The van der Waals surface area contributed by atoms with E-state index in [4.69, 9.17) is 0 Å². The van der Waals surface area contributed by atoms with Crippen molar-refractivity contribution < 1.29 is 9.59 Å². The largest absolute Gasteiger partial charge is 0.326 e. The van der Waals surface area contributed by atoms with Gasteiger partial charge in [0.05, 0.1) is 12.8 Å². The summed E-state index contributed by atoms with van der Waals surface area (Å²) in [5.74, 6) is -0.200. The lowest BCUT2D eigenvalue weighted by Crippen LogP contribution is -2.16. The summed E-state index contributed by atoms with van der Waals surface area (Å²) in [7, 11) is 0. The maximum atomic E-state index is 12.4. The molecular formula is C24H22Br2N2O2. The highest BCUT2D eigenvalue weighted by Gasteiger charge is 2.08. The average molecular weight is 530 g/mol. The summed E-state index contributed by atoms with van der Waals surface area (Å²) < 4.78 is 0. The maximum absolute atomic E-state index is 12.4. The van der Waals surface area contributed by atoms with Crippen molar-refractivity contribution in [2.24, 2.45) is 0 Å². The van der Waals surface area contributed by atoms with Crippen LogP contribution in [-0.2, 0) is 33.1 Å². The smallest absolute Gasteiger partial charge is 0.228 e. The number of amides is 2. The summed E-state index contributed by atoms with van der Waals surface area (Å²) in [4.78, 5) is 24.7. The Labute approximate surface area is 193 Å². The molecule has 3 aromatic carbocycles. The second-order valence-electron chi connectivity index (χ2n) is 6.93. The zero-order valence-electron chi connectivity index (χ0n) is 16.3. The molecule has 0 aliphatic heterocycles. The van der Waals surface area contributed by atoms with Gasteiger partial charge in [0.15, 0.2) is 0 Å². The van der Waals surface area contributed by atoms with E-state index in [0.29, 0.717) is 24.2 Å². The van der Waals surface area contributed by atoms with E-state index in [-0.39, 0.29) is 11.8 Å². The lowest BCUT2D eigenvalue weighted by molar-refractivity contribution is -0.116. The monoisotopic (exact) mass is 528 g/mol. The second-order valence-corrected chi connectivity index (χ2v) is 8.05. The molecule has 0 saturated heterocycles. The molecule has 6 heteroatoms. The van der Waals surface area contributed by atoms with Gasteiger partial charge >= 0.3 is 0 Å². The van der Waals surface area contributed by atoms with Crippen molar-refractivity contribution in [1.82, 2.24) is 0 Å². The Morgan fingerprint density at radius 1 is 0.600 bits per heavy atom. The third kappa shape index (κ3) is 6.82. The molecule has 0 aliphatic rings. The van der Waals surface area contributed by atoms with Crippen molar-refractivity contribution in [3.8, 4) is 0 Å². The molecule has 0 bridgehead atoms. The van der Waals surface area contributed by atoms with E-state index < -0.39 is 0 Å². The van der Waals surface area contributed by atoms with Crippen LogP contribution < -0.4 is 10.6 Å². The molecule has 0 atom stereocenters. The normalized spacial score (nSPS) is 10.5. The second kappa shape index (κ2) is 11.1. The van der Waals surface area contributed by atoms with Crippen LogP contribution in [0, 0.1) is 0 Å². The van der Waals surface area contributed by atoms with Gasteiger partial charge in [-0.25, -0.2) is 0 Å². The van der Waals surface area contributed by atoms with Gasteiger partial charge in [0.25, 0.3) is 0 Å². The van der Waals surface area contributed by atoms with Crippen molar-refractivity contribution in [3.05, 3.63) is 95.1 Å². The summed E-state index contributed by atoms with van der Waals surface area (Å²) in [5.41, 5.74) is 5.54. The van der Waals surface area contributed by atoms with Gasteiger partial charge in [0, 0.05) is 22.0 Å². The van der Waals surface area contributed by atoms with Crippen LogP contribution in [0.25, 0.3) is 0 Å². The molecule has 154 valence electrons. The van der Waals surface area contributed by atoms with Crippen LogP contribution in [0.5, 0.6) is 0 Å². The van der Waals surface area contributed by atoms with Gasteiger partial charge in [0.1, 0.15) is 0 Å². The number of hydrogen-bond acceptors (Lipinski definition) is 2. The molecule has 2 amide bonds. The van der Waals surface area contributed by atoms with E-state index in [0.717, 1.165) is 21.8 Å². The van der Waals surface area contributed by atoms with Gasteiger partial charge in [0.2, 0.25) is 11.8 Å². The van der Waals surface area contributed by atoms with Gasteiger partial charge < -0.3 is 10.6 Å². The van der Waals surface area contributed by atoms with Crippen LogP contribution in [0.4, 0.5) is 11.4 Å². The lowest BCUT2D eigenvalue weighted by Gasteiger charge is -2.09. The molecule has 3 aromatic rings. The predicted molar refractivity (Wildman–Crippen MR) is 129 cm³/mol. The molecule has 2 N–H and O–H groups in total. The molecule has 0 fully saturated rings. The van der Waals surface area contributed by atoms with Crippen molar-refractivity contribution in [2.75, 3.05) is 10.6 Å².